The van der Waals surface area contributed by atoms with Gasteiger partial charge in [0.25, 0.3) is 0 Å². The second kappa shape index (κ2) is 10.2. The fraction of sp³-hybridized carbons (Fsp3) is 0.571. The molecule has 1 aliphatic rings. The molecule has 3 rings (SSSR count). The summed E-state index contributed by atoms with van der Waals surface area (Å²) in [5.41, 5.74) is 5.58. The molecular weight excluding hydrogens is 413 g/mol. The van der Waals surface area contributed by atoms with Gasteiger partial charge in [0, 0.05) is 35.4 Å². The topological polar surface area (TPSA) is 30.5 Å². The van der Waals surface area contributed by atoms with Gasteiger partial charge >= 0.3 is 0 Å². The molecular formula is C28H42NO2P. The molecule has 1 N–H and O–H groups in total. The lowest BCUT2D eigenvalue weighted by Crippen LogP contribution is -2.24. The van der Waals surface area contributed by atoms with Crippen molar-refractivity contribution in [2.24, 2.45) is 11.8 Å². The molecule has 2 aromatic rings. The van der Waals surface area contributed by atoms with E-state index in [1.54, 1.807) is 7.11 Å². The lowest BCUT2D eigenvalue weighted by molar-refractivity contribution is 0.0488. The Balaban J connectivity index is 2.14. The van der Waals surface area contributed by atoms with Crippen LogP contribution in [0.3, 0.4) is 0 Å². The highest BCUT2D eigenvalue weighted by Gasteiger charge is 2.59. The Kier molecular flexibility index (Phi) is 8.07. The van der Waals surface area contributed by atoms with Crippen molar-refractivity contribution >= 4 is 13.9 Å². The highest BCUT2D eigenvalue weighted by molar-refractivity contribution is 7.48. The van der Waals surface area contributed by atoms with Gasteiger partial charge in [-0.3, -0.25) is 0 Å². The summed E-state index contributed by atoms with van der Waals surface area (Å²) in [6, 6.07) is 13.6. The van der Waals surface area contributed by atoms with Crippen molar-refractivity contribution in [2.75, 3.05) is 21.0 Å². The number of hydrogen-bond donors (Lipinski definition) is 1. The SMILES string of the molecule is CCC1[C@@H](C)C1(C)c1cc(C)cc(C(C)(CC)Pc2ccccc2CNC)c1OCOC. The average Bonchev–Trinajstić information content (AvgIpc) is 3.33. The molecule has 4 heteroatoms. The maximum atomic E-state index is 6.41. The van der Waals surface area contributed by atoms with Gasteiger partial charge < -0.3 is 14.8 Å². The number of rotatable bonds is 11. The van der Waals surface area contributed by atoms with Crippen LogP contribution in [-0.2, 0) is 21.9 Å². The van der Waals surface area contributed by atoms with Crippen LogP contribution in [0.15, 0.2) is 36.4 Å². The van der Waals surface area contributed by atoms with Crippen LogP contribution in [0.1, 0.15) is 69.7 Å². The summed E-state index contributed by atoms with van der Waals surface area (Å²) in [5.74, 6) is 2.43. The molecule has 2 aromatic carbocycles. The second-order valence-electron chi connectivity index (χ2n) is 9.82. The highest BCUT2D eigenvalue weighted by atomic mass is 31.1. The highest BCUT2D eigenvalue weighted by Crippen LogP contribution is 2.64. The molecule has 4 unspecified atom stereocenters. The van der Waals surface area contributed by atoms with Crippen molar-refractivity contribution in [2.45, 2.75) is 71.5 Å². The van der Waals surface area contributed by atoms with Gasteiger partial charge in [-0.05, 0) is 43.1 Å². The number of hydrogen-bond acceptors (Lipinski definition) is 3. The largest absolute Gasteiger partial charge is 0.467 e. The van der Waals surface area contributed by atoms with E-state index >= 15 is 0 Å². The third-order valence-electron chi connectivity index (χ3n) is 7.88. The fourth-order valence-electron chi connectivity index (χ4n) is 5.54. The van der Waals surface area contributed by atoms with E-state index in [1.807, 2.05) is 7.05 Å². The van der Waals surface area contributed by atoms with Crippen LogP contribution in [0.5, 0.6) is 5.75 Å². The summed E-state index contributed by atoms with van der Waals surface area (Å²) in [6.45, 7) is 15.3. The van der Waals surface area contributed by atoms with Crippen molar-refractivity contribution in [1.29, 1.82) is 0 Å². The minimum absolute atomic E-state index is 0.0100. The number of nitrogens with one attached hydrogen (secondary N) is 1. The summed E-state index contributed by atoms with van der Waals surface area (Å²) in [7, 11) is 4.38. The van der Waals surface area contributed by atoms with Crippen LogP contribution in [0.25, 0.3) is 0 Å². The van der Waals surface area contributed by atoms with Crippen molar-refractivity contribution < 1.29 is 9.47 Å². The summed E-state index contributed by atoms with van der Waals surface area (Å²) in [4.78, 5) is 0. The molecule has 0 radical (unpaired) electrons. The van der Waals surface area contributed by atoms with Crippen molar-refractivity contribution in [3.05, 3.63) is 58.7 Å². The smallest absolute Gasteiger partial charge is 0.188 e. The van der Waals surface area contributed by atoms with E-state index < -0.39 is 0 Å². The first-order valence-corrected chi connectivity index (χ1v) is 13.0. The molecule has 5 atom stereocenters. The molecule has 176 valence electrons. The number of ether oxygens (including phenoxy) is 2. The van der Waals surface area contributed by atoms with Crippen LogP contribution < -0.4 is 15.4 Å². The quantitative estimate of drug-likeness (QED) is 0.320. The fourth-order valence-corrected chi connectivity index (χ4v) is 7.15. The molecule has 32 heavy (non-hydrogen) atoms. The van der Waals surface area contributed by atoms with Crippen LogP contribution in [0, 0.1) is 18.8 Å². The van der Waals surface area contributed by atoms with Gasteiger partial charge in [0.2, 0.25) is 0 Å². The number of benzene rings is 2. The molecule has 0 saturated heterocycles. The van der Waals surface area contributed by atoms with Crippen LogP contribution >= 0.6 is 8.58 Å². The minimum Gasteiger partial charge on any atom is -0.467 e. The van der Waals surface area contributed by atoms with E-state index in [0.29, 0.717) is 20.4 Å². The first-order chi connectivity index (χ1) is 15.3. The van der Waals surface area contributed by atoms with Gasteiger partial charge in [-0.2, -0.15) is 0 Å². The van der Waals surface area contributed by atoms with Crippen LogP contribution in [0.2, 0.25) is 0 Å². The first-order valence-electron chi connectivity index (χ1n) is 12.0. The Morgan fingerprint density at radius 2 is 1.91 bits per heavy atom. The molecule has 0 bridgehead atoms. The molecule has 1 aliphatic carbocycles. The van der Waals surface area contributed by atoms with E-state index in [2.05, 4.69) is 83.3 Å². The Bertz CT molecular complexity index is 930. The summed E-state index contributed by atoms with van der Waals surface area (Å²) < 4.78 is 11.8. The lowest BCUT2D eigenvalue weighted by Gasteiger charge is -2.34. The van der Waals surface area contributed by atoms with Gasteiger partial charge in [-0.1, -0.05) is 91.6 Å². The predicted octanol–water partition coefficient (Wildman–Crippen LogP) is 6.26. The Morgan fingerprint density at radius 1 is 1.19 bits per heavy atom. The Hall–Kier alpha value is -1.41. The van der Waals surface area contributed by atoms with Crippen molar-refractivity contribution in [3.8, 4) is 5.75 Å². The maximum absolute atomic E-state index is 6.41. The monoisotopic (exact) mass is 455 g/mol. The van der Waals surface area contributed by atoms with E-state index in [1.165, 1.54) is 34.0 Å². The molecule has 0 heterocycles. The molecule has 0 aromatic heterocycles. The first kappa shape index (κ1) is 25.2. The third-order valence-corrected chi connectivity index (χ3v) is 9.81. The zero-order chi connectivity index (χ0) is 23.5. The molecule has 0 spiro atoms. The Morgan fingerprint density at radius 3 is 2.50 bits per heavy atom. The third kappa shape index (κ3) is 4.63. The van der Waals surface area contributed by atoms with Gasteiger partial charge in [0.1, 0.15) is 5.75 Å². The van der Waals surface area contributed by atoms with E-state index in [-0.39, 0.29) is 17.4 Å². The summed E-state index contributed by atoms with van der Waals surface area (Å²) in [6.07, 6.45) is 2.25. The molecule has 1 saturated carbocycles. The zero-order valence-electron chi connectivity index (χ0n) is 21.3. The molecule has 1 fully saturated rings. The van der Waals surface area contributed by atoms with Gasteiger partial charge in [-0.15, -0.1) is 0 Å². The predicted molar refractivity (Wildman–Crippen MR) is 139 cm³/mol. The molecule has 0 aliphatic heterocycles. The van der Waals surface area contributed by atoms with Crippen LogP contribution in [0.4, 0.5) is 0 Å². The summed E-state index contributed by atoms with van der Waals surface area (Å²) >= 11 is 0. The van der Waals surface area contributed by atoms with Crippen molar-refractivity contribution in [3.63, 3.8) is 0 Å². The Labute approximate surface area is 197 Å². The standard InChI is InChI=1S/C28H42NO2P/c1-9-22-20(4)28(22,6)24-16-19(3)15-23(26(24)31-18-30-8)27(5,10-2)32-25-14-12-11-13-21(25)17-29-7/h11-16,20,22,29,32H,9-10,17-18H2,1-8H3/t20-,22?,27?,28?/m1/s1. The van der Waals surface area contributed by atoms with Crippen molar-refractivity contribution in [1.82, 2.24) is 5.32 Å². The zero-order valence-corrected chi connectivity index (χ0v) is 22.3. The van der Waals surface area contributed by atoms with E-state index in [0.717, 1.165) is 18.7 Å². The van der Waals surface area contributed by atoms with E-state index in [4.69, 9.17) is 9.47 Å². The molecule has 0 amide bonds. The van der Waals surface area contributed by atoms with Gasteiger partial charge in [0.05, 0.1) is 0 Å². The number of aryl methyl sites for hydroxylation is 1. The summed E-state index contributed by atoms with van der Waals surface area (Å²) in [5, 5.41) is 4.76. The molecule has 3 nitrogen and oxygen atoms in total. The van der Waals surface area contributed by atoms with Gasteiger partial charge in [-0.25, -0.2) is 0 Å². The van der Waals surface area contributed by atoms with E-state index in [9.17, 15) is 0 Å². The average molecular weight is 456 g/mol. The van der Waals surface area contributed by atoms with Crippen LogP contribution in [-0.4, -0.2) is 21.0 Å². The normalized spacial score (nSPS) is 24.6. The minimum atomic E-state index is -0.0100. The second-order valence-corrected chi connectivity index (χ2v) is 11.7. The number of methoxy groups -OCH3 is 1. The van der Waals surface area contributed by atoms with Gasteiger partial charge in [0.15, 0.2) is 6.79 Å². The lowest BCUT2D eigenvalue weighted by atomic mass is 9.85. The maximum Gasteiger partial charge on any atom is 0.188 e.